The number of aromatic nitrogens is 2. The first-order valence-electron chi connectivity index (χ1n) is 10.6. The molecule has 158 valence electrons. The first kappa shape index (κ1) is 19.7. The fourth-order valence-corrected chi connectivity index (χ4v) is 4.77. The minimum atomic E-state index is -0.146. The minimum absolute atomic E-state index is 0.0636. The third-order valence-corrected chi connectivity index (χ3v) is 7.06. The van der Waals surface area contributed by atoms with Crippen LogP contribution in [0.5, 0.6) is 0 Å². The maximum atomic E-state index is 13.4. The van der Waals surface area contributed by atoms with Crippen LogP contribution >= 0.6 is 11.6 Å². The smallest absolute Gasteiger partial charge is 0.254 e. The van der Waals surface area contributed by atoms with Gasteiger partial charge in [-0.3, -0.25) is 9.69 Å². The number of hydrogen-bond donors (Lipinski definition) is 1. The van der Waals surface area contributed by atoms with Crippen LogP contribution in [0.15, 0.2) is 29.3 Å². The van der Waals surface area contributed by atoms with Gasteiger partial charge in [-0.15, -0.1) is 11.6 Å². The molecule has 0 radical (unpaired) electrons. The summed E-state index contributed by atoms with van der Waals surface area (Å²) in [7, 11) is 0. The van der Waals surface area contributed by atoms with Gasteiger partial charge in [0.15, 0.2) is 5.82 Å². The summed E-state index contributed by atoms with van der Waals surface area (Å²) in [5.41, 5.74) is 4.78. The molecule has 2 aromatic rings. The quantitative estimate of drug-likeness (QED) is 0.766. The Morgan fingerprint density at radius 1 is 1.23 bits per heavy atom. The lowest BCUT2D eigenvalue weighted by molar-refractivity contribution is 0.0746. The largest absolute Gasteiger partial charge is 0.328 e. The predicted octanol–water partition coefficient (Wildman–Crippen LogP) is 2.72. The summed E-state index contributed by atoms with van der Waals surface area (Å²) < 4.78 is 1.93. The average Bonchev–Trinajstić information content (AvgIpc) is 3.32. The Labute approximate surface area is 181 Å². The zero-order chi connectivity index (χ0) is 20.8. The molecule has 1 aromatic heterocycles. The van der Waals surface area contributed by atoms with Crippen LogP contribution in [-0.4, -0.2) is 62.8 Å². The van der Waals surface area contributed by atoms with E-state index in [-0.39, 0.29) is 17.3 Å². The topological polar surface area (TPSA) is 65.8 Å². The molecule has 0 spiro atoms. The number of hydrogen-bond acceptors (Lipinski definition) is 5. The lowest BCUT2D eigenvalue weighted by atomic mass is 10.1. The average molecular weight is 427 g/mol. The van der Waals surface area contributed by atoms with Crippen molar-refractivity contribution in [1.82, 2.24) is 24.9 Å². The number of carbonyl (C=O) groups is 1. The third kappa shape index (κ3) is 3.35. The predicted molar refractivity (Wildman–Crippen MR) is 118 cm³/mol. The molecule has 0 bridgehead atoms. The van der Waals surface area contributed by atoms with Crippen molar-refractivity contribution in [2.75, 3.05) is 26.2 Å². The van der Waals surface area contributed by atoms with Gasteiger partial charge in [-0.25, -0.2) is 9.67 Å². The molecule has 4 heterocycles. The Bertz CT molecular complexity index is 1010. The number of halogens is 1. The molecular formula is C22H27ClN6O. The number of nitrogens with zero attached hydrogens (tertiary/aromatic N) is 5. The fraction of sp³-hybridized carbons (Fsp3) is 0.500. The van der Waals surface area contributed by atoms with Crippen molar-refractivity contribution in [3.8, 4) is 0 Å². The molecule has 1 aromatic carbocycles. The van der Waals surface area contributed by atoms with Gasteiger partial charge in [-0.1, -0.05) is 18.2 Å². The Morgan fingerprint density at radius 2 is 2.00 bits per heavy atom. The zero-order valence-corrected chi connectivity index (χ0v) is 18.2. The molecule has 7 nitrogen and oxygen atoms in total. The van der Waals surface area contributed by atoms with Crippen LogP contribution in [-0.2, 0) is 19.6 Å². The fourth-order valence-electron chi connectivity index (χ4n) is 4.62. The van der Waals surface area contributed by atoms with Crippen molar-refractivity contribution in [3.63, 3.8) is 0 Å². The van der Waals surface area contributed by atoms with Crippen molar-refractivity contribution in [3.05, 3.63) is 46.6 Å². The second kappa shape index (κ2) is 7.80. The molecular weight excluding hydrogens is 400 g/mol. The normalized spacial score (nSPS) is 23.8. The highest BCUT2D eigenvalue weighted by Gasteiger charge is 2.36. The van der Waals surface area contributed by atoms with Crippen molar-refractivity contribution >= 4 is 29.0 Å². The van der Waals surface area contributed by atoms with Crippen LogP contribution in [0.1, 0.15) is 47.1 Å². The van der Waals surface area contributed by atoms with Gasteiger partial charge in [0.1, 0.15) is 0 Å². The summed E-state index contributed by atoms with van der Waals surface area (Å²) in [5, 5.41) is 7.99. The van der Waals surface area contributed by atoms with Gasteiger partial charge in [-0.05, 0) is 25.5 Å². The number of aliphatic imine (C=N–C) groups is 1. The highest BCUT2D eigenvalue weighted by atomic mass is 35.5. The number of alkyl halides is 1. The SMILES string of the molecule is CC1=Nc2c3c(nn2C(C)C1Cl)CN(C(=O)c1ccccc1CN1CCNCC1)C3. The maximum absolute atomic E-state index is 13.4. The Hall–Kier alpha value is -2.22. The molecule has 1 fully saturated rings. The molecule has 1 N–H and O–H groups in total. The molecule has 2 unspecified atom stereocenters. The van der Waals surface area contributed by atoms with E-state index in [1.54, 1.807) is 0 Å². The summed E-state index contributed by atoms with van der Waals surface area (Å²) in [4.78, 5) is 22.4. The molecule has 0 aliphatic carbocycles. The van der Waals surface area contributed by atoms with Gasteiger partial charge >= 0.3 is 0 Å². The lowest BCUT2D eigenvalue weighted by Crippen LogP contribution is -2.43. The van der Waals surface area contributed by atoms with Gasteiger partial charge in [-0.2, -0.15) is 5.10 Å². The standard InChI is InChI=1S/C22H27ClN6O/c1-14-20(23)15(2)29-21(25-14)18-12-28(13-19(18)26-29)22(30)17-6-4-3-5-16(17)11-27-9-7-24-8-10-27/h3-6,15,20,24H,7-13H2,1-2H3. The number of nitrogens with one attached hydrogen (secondary N) is 1. The highest BCUT2D eigenvalue weighted by molar-refractivity contribution is 6.32. The molecule has 3 aliphatic heterocycles. The van der Waals surface area contributed by atoms with E-state index in [9.17, 15) is 4.79 Å². The highest BCUT2D eigenvalue weighted by Crippen LogP contribution is 2.38. The van der Waals surface area contributed by atoms with Gasteiger partial charge in [0, 0.05) is 49.6 Å². The Kier molecular flexibility index (Phi) is 5.13. The van der Waals surface area contributed by atoms with Crippen LogP contribution in [0, 0.1) is 0 Å². The van der Waals surface area contributed by atoms with E-state index in [1.165, 1.54) is 0 Å². The van der Waals surface area contributed by atoms with E-state index in [1.807, 2.05) is 34.7 Å². The molecule has 30 heavy (non-hydrogen) atoms. The first-order chi connectivity index (χ1) is 14.5. The van der Waals surface area contributed by atoms with Gasteiger partial charge in [0.2, 0.25) is 0 Å². The number of amides is 1. The van der Waals surface area contributed by atoms with Crippen molar-refractivity contribution in [1.29, 1.82) is 0 Å². The molecule has 1 saturated heterocycles. The van der Waals surface area contributed by atoms with Gasteiger partial charge in [0.05, 0.1) is 30.2 Å². The molecule has 2 atom stereocenters. The molecule has 0 saturated carbocycles. The monoisotopic (exact) mass is 426 g/mol. The number of fused-ring (bicyclic) bond motifs is 3. The number of piperazine rings is 1. The van der Waals surface area contributed by atoms with Crippen LogP contribution in [0.2, 0.25) is 0 Å². The summed E-state index contributed by atoms with van der Waals surface area (Å²) in [6.07, 6.45) is 0. The summed E-state index contributed by atoms with van der Waals surface area (Å²) in [6, 6.07) is 8.05. The van der Waals surface area contributed by atoms with E-state index in [0.717, 1.165) is 66.6 Å². The summed E-state index contributed by atoms with van der Waals surface area (Å²) in [6.45, 7) is 9.90. The Morgan fingerprint density at radius 3 is 2.80 bits per heavy atom. The molecule has 1 amide bonds. The second-order valence-corrected chi connectivity index (χ2v) is 8.90. The maximum Gasteiger partial charge on any atom is 0.254 e. The summed E-state index contributed by atoms with van der Waals surface area (Å²) >= 11 is 6.46. The van der Waals surface area contributed by atoms with Crippen LogP contribution < -0.4 is 5.32 Å². The van der Waals surface area contributed by atoms with Gasteiger partial charge < -0.3 is 10.2 Å². The van der Waals surface area contributed by atoms with Crippen molar-refractivity contribution in [2.24, 2.45) is 4.99 Å². The van der Waals surface area contributed by atoms with E-state index >= 15 is 0 Å². The lowest BCUT2D eigenvalue weighted by Gasteiger charge is -2.28. The number of rotatable bonds is 3. The number of benzene rings is 1. The van der Waals surface area contributed by atoms with E-state index in [0.29, 0.717) is 13.1 Å². The van der Waals surface area contributed by atoms with E-state index < -0.39 is 0 Å². The summed E-state index contributed by atoms with van der Waals surface area (Å²) in [5.74, 6) is 0.925. The molecule has 3 aliphatic rings. The number of carbonyl (C=O) groups excluding carboxylic acids is 1. The van der Waals surface area contributed by atoms with Crippen molar-refractivity contribution < 1.29 is 4.79 Å². The minimum Gasteiger partial charge on any atom is -0.328 e. The van der Waals surface area contributed by atoms with E-state index in [4.69, 9.17) is 21.7 Å². The van der Waals surface area contributed by atoms with Crippen LogP contribution in [0.4, 0.5) is 5.82 Å². The van der Waals surface area contributed by atoms with Crippen LogP contribution in [0.3, 0.4) is 0 Å². The zero-order valence-electron chi connectivity index (χ0n) is 17.4. The Balaban J connectivity index is 1.37. The first-order valence-corrected chi connectivity index (χ1v) is 11.1. The third-order valence-electron chi connectivity index (χ3n) is 6.38. The van der Waals surface area contributed by atoms with E-state index in [2.05, 4.69) is 23.2 Å². The van der Waals surface area contributed by atoms with Crippen LogP contribution in [0.25, 0.3) is 0 Å². The van der Waals surface area contributed by atoms with Crippen molar-refractivity contribution in [2.45, 2.75) is 44.9 Å². The second-order valence-electron chi connectivity index (χ2n) is 8.43. The van der Waals surface area contributed by atoms with Gasteiger partial charge in [0.25, 0.3) is 5.91 Å². The molecule has 5 rings (SSSR count). The molecule has 8 heteroatoms.